The highest BCUT2D eigenvalue weighted by molar-refractivity contribution is 7.09. The third-order valence-corrected chi connectivity index (χ3v) is 4.79. The lowest BCUT2D eigenvalue weighted by Crippen LogP contribution is -2.29. The number of aromatic nitrogens is 1. The molecule has 0 unspecified atom stereocenters. The van der Waals surface area contributed by atoms with Crippen molar-refractivity contribution in [3.8, 4) is 5.75 Å². The average molecular weight is 348 g/mol. The Kier molecular flexibility index (Phi) is 6.75. The van der Waals surface area contributed by atoms with Crippen LogP contribution in [0.5, 0.6) is 5.75 Å². The SMILES string of the molecule is CCO[C@@H](C)c1nc(CC(=O)N[C@@H](CC)c2ccccc2O)cs1. The Morgan fingerprint density at radius 1 is 1.38 bits per heavy atom. The first-order valence-electron chi connectivity index (χ1n) is 8.18. The number of nitrogens with zero attached hydrogens (tertiary/aromatic N) is 1. The highest BCUT2D eigenvalue weighted by Gasteiger charge is 2.17. The Hall–Kier alpha value is -1.92. The van der Waals surface area contributed by atoms with Gasteiger partial charge in [0.05, 0.1) is 18.2 Å². The molecule has 2 atom stereocenters. The molecule has 5 nitrogen and oxygen atoms in total. The highest BCUT2D eigenvalue weighted by atomic mass is 32.1. The van der Waals surface area contributed by atoms with Crippen molar-refractivity contribution in [2.45, 2.75) is 45.8 Å². The van der Waals surface area contributed by atoms with E-state index in [0.29, 0.717) is 13.0 Å². The number of hydrogen-bond acceptors (Lipinski definition) is 5. The second kappa shape index (κ2) is 8.80. The van der Waals surface area contributed by atoms with Crippen molar-refractivity contribution < 1.29 is 14.6 Å². The van der Waals surface area contributed by atoms with Gasteiger partial charge >= 0.3 is 0 Å². The zero-order chi connectivity index (χ0) is 17.5. The number of para-hydroxylation sites is 1. The molecule has 1 heterocycles. The summed E-state index contributed by atoms with van der Waals surface area (Å²) >= 11 is 1.51. The third kappa shape index (κ3) is 4.79. The van der Waals surface area contributed by atoms with Crippen LogP contribution >= 0.6 is 11.3 Å². The minimum Gasteiger partial charge on any atom is -0.508 e. The van der Waals surface area contributed by atoms with Crippen LogP contribution < -0.4 is 5.32 Å². The van der Waals surface area contributed by atoms with Crippen LogP contribution in [0.25, 0.3) is 0 Å². The Balaban J connectivity index is 1.98. The van der Waals surface area contributed by atoms with Gasteiger partial charge in [0.1, 0.15) is 16.9 Å². The van der Waals surface area contributed by atoms with Crippen LogP contribution in [0.1, 0.15) is 55.6 Å². The number of aromatic hydroxyl groups is 1. The van der Waals surface area contributed by atoms with Crippen molar-refractivity contribution in [3.63, 3.8) is 0 Å². The predicted molar refractivity (Wildman–Crippen MR) is 95.1 cm³/mol. The lowest BCUT2D eigenvalue weighted by Gasteiger charge is -2.18. The maximum atomic E-state index is 12.3. The standard InChI is InChI=1S/C18H24N2O3S/c1-4-15(14-8-6-7-9-16(14)21)20-17(22)10-13-11-24-18(19-13)12(3)23-5-2/h6-9,11-12,15,21H,4-5,10H2,1-3H3,(H,20,22)/t12-,15-/m0/s1. The first-order chi connectivity index (χ1) is 11.5. The molecule has 0 saturated carbocycles. The molecule has 0 aliphatic carbocycles. The van der Waals surface area contributed by atoms with Gasteiger partial charge in [-0.1, -0.05) is 25.1 Å². The Labute approximate surface area is 146 Å². The van der Waals surface area contributed by atoms with Gasteiger partial charge in [0.15, 0.2) is 0 Å². The topological polar surface area (TPSA) is 71.5 Å². The number of rotatable bonds is 8. The van der Waals surface area contributed by atoms with E-state index >= 15 is 0 Å². The summed E-state index contributed by atoms with van der Waals surface area (Å²) in [6.45, 7) is 6.51. The monoisotopic (exact) mass is 348 g/mol. The van der Waals surface area contributed by atoms with Gasteiger partial charge in [-0.3, -0.25) is 4.79 Å². The largest absolute Gasteiger partial charge is 0.508 e. The number of ether oxygens (including phenoxy) is 1. The molecule has 24 heavy (non-hydrogen) atoms. The average Bonchev–Trinajstić information content (AvgIpc) is 3.02. The molecule has 1 amide bonds. The minimum absolute atomic E-state index is 0.0542. The summed E-state index contributed by atoms with van der Waals surface area (Å²) in [6.07, 6.45) is 0.869. The number of hydrogen-bond donors (Lipinski definition) is 2. The van der Waals surface area contributed by atoms with Crippen molar-refractivity contribution in [3.05, 3.63) is 45.9 Å². The molecule has 0 spiro atoms. The fourth-order valence-corrected chi connectivity index (χ4v) is 3.33. The van der Waals surface area contributed by atoms with E-state index in [1.54, 1.807) is 12.1 Å². The molecule has 6 heteroatoms. The Morgan fingerprint density at radius 3 is 2.79 bits per heavy atom. The van der Waals surface area contributed by atoms with Crippen LogP contribution in [0.3, 0.4) is 0 Å². The normalized spacial score (nSPS) is 13.5. The first-order valence-corrected chi connectivity index (χ1v) is 9.06. The summed E-state index contributed by atoms with van der Waals surface area (Å²) < 4.78 is 5.52. The van der Waals surface area contributed by atoms with Gasteiger partial charge in [0.25, 0.3) is 0 Å². The molecule has 0 aliphatic rings. The second-order valence-electron chi connectivity index (χ2n) is 5.54. The summed E-state index contributed by atoms with van der Waals surface area (Å²) in [7, 11) is 0. The van der Waals surface area contributed by atoms with Gasteiger partial charge in [0.2, 0.25) is 5.91 Å². The minimum atomic E-state index is -0.209. The molecular weight excluding hydrogens is 324 g/mol. The zero-order valence-corrected chi connectivity index (χ0v) is 15.1. The molecule has 0 saturated heterocycles. The van der Waals surface area contributed by atoms with E-state index in [1.807, 2.05) is 38.3 Å². The van der Waals surface area contributed by atoms with E-state index in [1.165, 1.54) is 11.3 Å². The predicted octanol–water partition coefficient (Wildman–Crippen LogP) is 3.76. The van der Waals surface area contributed by atoms with Gasteiger partial charge in [-0.25, -0.2) is 4.98 Å². The number of carbonyl (C=O) groups is 1. The van der Waals surface area contributed by atoms with Gasteiger partial charge in [0, 0.05) is 17.6 Å². The van der Waals surface area contributed by atoms with Crippen molar-refractivity contribution >= 4 is 17.2 Å². The fourth-order valence-electron chi connectivity index (χ4n) is 2.50. The molecular formula is C18H24N2O3S. The van der Waals surface area contributed by atoms with E-state index in [0.717, 1.165) is 16.3 Å². The number of benzene rings is 1. The van der Waals surface area contributed by atoms with Crippen LogP contribution in [0.15, 0.2) is 29.6 Å². The first kappa shape index (κ1) is 18.4. The molecule has 2 aromatic rings. The van der Waals surface area contributed by atoms with Gasteiger partial charge in [-0.15, -0.1) is 11.3 Å². The summed E-state index contributed by atoms with van der Waals surface area (Å²) in [5.74, 6) is 0.0946. The lowest BCUT2D eigenvalue weighted by atomic mass is 10.0. The quantitative estimate of drug-likeness (QED) is 0.762. The van der Waals surface area contributed by atoms with Crippen molar-refractivity contribution in [1.82, 2.24) is 10.3 Å². The fraction of sp³-hybridized carbons (Fsp3) is 0.444. The van der Waals surface area contributed by atoms with Crippen molar-refractivity contribution in [2.24, 2.45) is 0 Å². The van der Waals surface area contributed by atoms with Crippen LogP contribution in [-0.4, -0.2) is 22.6 Å². The number of phenolic OH excluding ortho intramolecular Hbond substituents is 1. The van der Waals surface area contributed by atoms with Gasteiger partial charge < -0.3 is 15.2 Å². The Bertz CT molecular complexity index is 672. The molecule has 130 valence electrons. The molecule has 2 rings (SSSR count). The van der Waals surface area contributed by atoms with E-state index in [9.17, 15) is 9.90 Å². The summed E-state index contributed by atoms with van der Waals surface area (Å²) in [5.41, 5.74) is 1.48. The van der Waals surface area contributed by atoms with E-state index < -0.39 is 0 Å². The molecule has 0 radical (unpaired) electrons. The van der Waals surface area contributed by atoms with Crippen molar-refractivity contribution in [2.75, 3.05) is 6.61 Å². The highest BCUT2D eigenvalue weighted by Crippen LogP contribution is 2.26. The second-order valence-corrected chi connectivity index (χ2v) is 6.43. The number of phenols is 1. The molecule has 1 aromatic heterocycles. The van der Waals surface area contributed by atoms with Crippen LogP contribution in [0, 0.1) is 0 Å². The smallest absolute Gasteiger partial charge is 0.226 e. The number of amides is 1. The molecule has 0 fully saturated rings. The lowest BCUT2D eigenvalue weighted by molar-refractivity contribution is -0.121. The van der Waals surface area contributed by atoms with E-state index in [-0.39, 0.29) is 30.2 Å². The van der Waals surface area contributed by atoms with Crippen LogP contribution in [-0.2, 0) is 16.0 Å². The Morgan fingerprint density at radius 2 is 2.12 bits per heavy atom. The van der Waals surface area contributed by atoms with Gasteiger partial charge in [-0.05, 0) is 26.3 Å². The van der Waals surface area contributed by atoms with Crippen LogP contribution in [0.4, 0.5) is 0 Å². The van der Waals surface area contributed by atoms with Gasteiger partial charge in [-0.2, -0.15) is 0 Å². The van der Waals surface area contributed by atoms with E-state index in [2.05, 4.69) is 10.3 Å². The summed E-state index contributed by atoms with van der Waals surface area (Å²) in [5, 5.41) is 15.7. The molecule has 2 N–H and O–H groups in total. The zero-order valence-electron chi connectivity index (χ0n) is 14.3. The van der Waals surface area contributed by atoms with Crippen LogP contribution in [0.2, 0.25) is 0 Å². The molecule has 0 aliphatic heterocycles. The van der Waals surface area contributed by atoms with Crippen molar-refractivity contribution in [1.29, 1.82) is 0 Å². The maximum Gasteiger partial charge on any atom is 0.226 e. The third-order valence-electron chi connectivity index (χ3n) is 3.73. The molecule has 0 bridgehead atoms. The maximum absolute atomic E-state index is 12.3. The summed E-state index contributed by atoms with van der Waals surface area (Å²) in [4.78, 5) is 16.8. The summed E-state index contributed by atoms with van der Waals surface area (Å²) in [6, 6.07) is 6.87. The number of carbonyl (C=O) groups excluding carboxylic acids is 1. The molecule has 1 aromatic carbocycles. The number of thiazole rings is 1. The van der Waals surface area contributed by atoms with E-state index in [4.69, 9.17) is 4.74 Å². The number of nitrogens with one attached hydrogen (secondary N) is 1.